The van der Waals surface area contributed by atoms with Gasteiger partial charge in [0.1, 0.15) is 0 Å². The molecule has 2 aliphatic carbocycles. The van der Waals surface area contributed by atoms with E-state index in [9.17, 15) is 22.8 Å². The summed E-state index contributed by atoms with van der Waals surface area (Å²) in [5, 5.41) is 10.5. The fraction of sp³-hybridized carbons (Fsp3) is 0.778. The third-order valence-electron chi connectivity index (χ3n) is 3.39. The van der Waals surface area contributed by atoms with Crippen LogP contribution in [0.2, 0.25) is 0 Å². The molecule has 1 atom stereocenters. The highest BCUT2D eigenvalue weighted by Crippen LogP contribution is 2.65. The van der Waals surface area contributed by atoms with Crippen molar-refractivity contribution in [2.45, 2.75) is 31.5 Å². The smallest absolute Gasteiger partial charge is 0.471 e. The monoisotopic (exact) mass is 237 g/mol. The lowest BCUT2D eigenvalue weighted by Crippen LogP contribution is -2.50. The average molecular weight is 237 g/mol. The largest absolute Gasteiger partial charge is 0.481 e. The summed E-state index contributed by atoms with van der Waals surface area (Å²) >= 11 is 0. The SMILES string of the molecule is O=C(O)[C@H]1CC12CC(NC(=O)C(F)(F)F)C2. The van der Waals surface area contributed by atoms with E-state index in [0.29, 0.717) is 19.3 Å². The molecule has 0 saturated heterocycles. The van der Waals surface area contributed by atoms with E-state index in [1.165, 1.54) is 0 Å². The van der Waals surface area contributed by atoms with Gasteiger partial charge in [-0.25, -0.2) is 0 Å². The van der Waals surface area contributed by atoms with E-state index in [2.05, 4.69) is 0 Å². The number of aliphatic carboxylic acids is 1. The van der Waals surface area contributed by atoms with Crippen molar-refractivity contribution in [1.29, 1.82) is 0 Å². The van der Waals surface area contributed by atoms with Crippen LogP contribution in [0.15, 0.2) is 0 Å². The fourth-order valence-electron chi connectivity index (χ4n) is 2.44. The van der Waals surface area contributed by atoms with Crippen LogP contribution in [0.3, 0.4) is 0 Å². The average Bonchev–Trinajstić information content (AvgIpc) is 2.76. The molecule has 0 aromatic carbocycles. The molecule has 1 spiro atoms. The summed E-state index contributed by atoms with van der Waals surface area (Å²) in [7, 11) is 0. The first-order valence-electron chi connectivity index (χ1n) is 4.85. The predicted molar refractivity (Wildman–Crippen MR) is 45.4 cm³/mol. The highest BCUT2D eigenvalue weighted by Gasteiger charge is 2.65. The molecule has 0 unspecified atom stereocenters. The molecule has 7 heteroatoms. The van der Waals surface area contributed by atoms with Gasteiger partial charge in [0.25, 0.3) is 0 Å². The lowest BCUT2D eigenvalue weighted by atomic mass is 9.75. The molecule has 90 valence electrons. The van der Waals surface area contributed by atoms with E-state index in [1.807, 2.05) is 5.32 Å². The van der Waals surface area contributed by atoms with Crippen LogP contribution in [0.4, 0.5) is 13.2 Å². The van der Waals surface area contributed by atoms with Crippen molar-refractivity contribution < 1.29 is 27.9 Å². The number of carboxylic acid groups (broad SMARTS) is 1. The molecule has 2 fully saturated rings. The Morgan fingerprint density at radius 1 is 1.25 bits per heavy atom. The molecule has 0 aromatic rings. The van der Waals surface area contributed by atoms with Gasteiger partial charge in [0.05, 0.1) is 5.92 Å². The number of alkyl halides is 3. The molecule has 0 aromatic heterocycles. The summed E-state index contributed by atoms with van der Waals surface area (Å²) in [6.45, 7) is 0. The van der Waals surface area contributed by atoms with Crippen LogP contribution in [0.5, 0.6) is 0 Å². The molecule has 1 amide bonds. The van der Waals surface area contributed by atoms with Gasteiger partial charge in [0, 0.05) is 6.04 Å². The van der Waals surface area contributed by atoms with Crippen molar-refractivity contribution in [3.8, 4) is 0 Å². The van der Waals surface area contributed by atoms with E-state index < -0.39 is 30.0 Å². The number of halogens is 3. The van der Waals surface area contributed by atoms with Crippen LogP contribution in [-0.4, -0.2) is 29.2 Å². The second-order valence-corrected chi connectivity index (χ2v) is 4.53. The summed E-state index contributed by atoms with van der Waals surface area (Å²) in [6.07, 6.45) is -3.67. The Kier molecular flexibility index (Phi) is 2.18. The van der Waals surface area contributed by atoms with Crippen LogP contribution in [0.25, 0.3) is 0 Å². The summed E-state index contributed by atoms with van der Waals surface area (Å²) < 4.78 is 35.6. The highest BCUT2D eigenvalue weighted by molar-refractivity contribution is 5.82. The number of carbonyl (C=O) groups excluding carboxylic acids is 1. The van der Waals surface area contributed by atoms with Gasteiger partial charge in [-0.3, -0.25) is 9.59 Å². The normalized spacial score (nSPS) is 36.7. The van der Waals surface area contributed by atoms with Crippen LogP contribution in [0, 0.1) is 11.3 Å². The van der Waals surface area contributed by atoms with Crippen LogP contribution >= 0.6 is 0 Å². The highest BCUT2D eigenvalue weighted by atomic mass is 19.4. The fourth-order valence-corrected chi connectivity index (χ4v) is 2.44. The van der Waals surface area contributed by atoms with Crippen molar-refractivity contribution in [2.75, 3.05) is 0 Å². The summed E-state index contributed by atoms with van der Waals surface area (Å²) in [4.78, 5) is 21.2. The minimum atomic E-state index is -4.86. The molecule has 0 heterocycles. The Labute approximate surface area is 88.8 Å². The number of hydrogen-bond acceptors (Lipinski definition) is 2. The summed E-state index contributed by atoms with van der Waals surface area (Å²) in [6, 6.07) is -0.529. The molecule has 2 saturated carbocycles. The minimum Gasteiger partial charge on any atom is -0.481 e. The number of amides is 1. The third kappa shape index (κ3) is 1.74. The molecule has 0 aliphatic heterocycles. The molecule has 2 aliphatic rings. The van der Waals surface area contributed by atoms with Gasteiger partial charge in [-0.1, -0.05) is 0 Å². The maximum Gasteiger partial charge on any atom is 0.471 e. The quantitative estimate of drug-likeness (QED) is 0.750. The second-order valence-electron chi connectivity index (χ2n) is 4.53. The van der Waals surface area contributed by atoms with E-state index in [-0.39, 0.29) is 5.41 Å². The molecule has 0 bridgehead atoms. The van der Waals surface area contributed by atoms with Crippen LogP contribution < -0.4 is 5.32 Å². The van der Waals surface area contributed by atoms with Gasteiger partial charge >= 0.3 is 18.1 Å². The Morgan fingerprint density at radius 2 is 1.81 bits per heavy atom. The van der Waals surface area contributed by atoms with Crippen LogP contribution in [-0.2, 0) is 9.59 Å². The van der Waals surface area contributed by atoms with E-state index >= 15 is 0 Å². The zero-order valence-electron chi connectivity index (χ0n) is 8.17. The molecule has 16 heavy (non-hydrogen) atoms. The molecule has 4 nitrogen and oxygen atoms in total. The van der Waals surface area contributed by atoms with Gasteiger partial charge in [-0.15, -0.1) is 0 Å². The third-order valence-corrected chi connectivity index (χ3v) is 3.39. The molecule has 2 rings (SSSR count). The Balaban J connectivity index is 1.79. The van der Waals surface area contributed by atoms with Crippen molar-refractivity contribution in [2.24, 2.45) is 11.3 Å². The maximum absolute atomic E-state index is 11.9. The van der Waals surface area contributed by atoms with Crippen molar-refractivity contribution in [1.82, 2.24) is 5.32 Å². The van der Waals surface area contributed by atoms with Crippen molar-refractivity contribution in [3.63, 3.8) is 0 Å². The van der Waals surface area contributed by atoms with E-state index in [4.69, 9.17) is 5.11 Å². The topological polar surface area (TPSA) is 66.4 Å². The Bertz CT molecular complexity index is 346. The van der Waals surface area contributed by atoms with Gasteiger partial charge < -0.3 is 10.4 Å². The second kappa shape index (κ2) is 3.11. The Morgan fingerprint density at radius 3 is 2.19 bits per heavy atom. The molecule has 0 radical (unpaired) electrons. The number of hydrogen-bond donors (Lipinski definition) is 2. The van der Waals surface area contributed by atoms with E-state index in [0.717, 1.165) is 0 Å². The van der Waals surface area contributed by atoms with E-state index in [1.54, 1.807) is 0 Å². The standard InChI is InChI=1S/C9H10F3NO3/c10-9(11,12)7(16)13-4-1-8(2-4)3-5(8)6(14)15/h4-5H,1-3H2,(H,13,16)(H,14,15)/t4?,5-,8?/m1/s1. The summed E-state index contributed by atoms with van der Waals surface area (Å²) in [5.41, 5.74) is -0.338. The lowest BCUT2D eigenvalue weighted by Gasteiger charge is -2.37. The number of carbonyl (C=O) groups is 2. The summed E-state index contributed by atoms with van der Waals surface area (Å²) in [5.74, 6) is -3.29. The maximum atomic E-state index is 11.9. The van der Waals surface area contributed by atoms with Gasteiger partial charge in [-0.05, 0) is 24.7 Å². The number of nitrogens with one attached hydrogen (secondary N) is 1. The van der Waals surface area contributed by atoms with Crippen molar-refractivity contribution in [3.05, 3.63) is 0 Å². The van der Waals surface area contributed by atoms with Crippen molar-refractivity contribution >= 4 is 11.9 Å². The Hall–Kier alpha value is -1.27. The molecular weight excluding hydrogens is 227 g/mol. The van der Waals surface area contributed by atoms with Gasteiger partial charge in [0.15, 0.2) is 0 Å². The van der Waals surface area contributed by atoms with Gasteiger partial charge in [0.2, 0.25) is 0 Å². The first-order chi connectivity index (χ1) is 7.24. The number of rotatable bonds is 2. The zero-order chi connectivity index (χ0) is 12.1. The number of carboxylic acids is 1. The molecule has 2 N–H and O–H groups in total. The molecular formula is C9H10F3NO3. The zero-order valence-corrected chi connectivity index (χ0v) is 8.17. The van der Waals surface area contributed by atoms with Crippen LogP contribution in [0.1, 0.15) is 19.3 Å². The van der Waals surface area contributed by atoms with Gasteiger partial charge in [-0.2, -0.15) is 13.2 Å². The first-order valence-corrected chi connectivity index (χ1v) is 4.85. The first kappa shape index (κ1) is 11.2. The predicted octanol–water partition coefficient (Wildman–Crippen LogP) is 0.918. The minimum absolute atomic E-state index is 0.338. The lowest BCUT2D eigenvalue weighted by molar-refractivity contribution is -0.175.